The number of methoxy groups -OCH3 is 1. The van der Waals surface area contributed by atoms with Gasteiger partial charge in [0.2, 0.25) is 5.88 Å². The van der Waals surface area contributed by atoms with Gasteiger partial charge in [-0.3, -0.25) is 4.99 Å². The molecule has 3 N–H and O–H groups in total. The van der Waals surface area contributed by atoms with Crippen molar-refractivity contribution in [2.45, 2.75) is 32.9 Å². The van der Waals surface area contributed by atoms with Gasteiger partial charge in [0.25, 0.3) is 0 Å². The van der Waals surface area contributed by atoms with Crippen molar-refractivity contribution >= 4 is 12.1 Å². The number of pyridine rings is 1. The molecule has 0 atom stereocenters. The predicted molar refractivity (Wildman–Crippen MR) is 93.2 cm³/mol. The molecule has 134 valence electrons. The first-order valence-corrected chi connectivity index (χ1v) is 7.75. The fourth-order valence-corrected chi connectivity index (χ4v) is 1.72. The largest absolute Gasteiger partial charge is 0.481 e. The lowest BCUT2D eigenvalue weighted by Gasteiger charge is -2.19. The van der Waals surface area contributed by atoms with E-state index in [0.29, 0.717) is 31.5 Å². The second kappa shape index (κ2) is 9.59. The highest BCUT2D eigenvalue weighted by molar-refractivity contribution is 5.79. The molecule has 0 aliphatic heterocycles. The van der Waals surface area contributed by atoms with E-state index >= 15 is 0 Å². The Hall–Kier alpha value is -2.51. The summed E-state index contributed by atoms with van der Waals surface area (Å²) in [5.41, 5.74) is 0.336. The number of aromatic nitrogens is 1. The first-order chi connectivity index (χ1) is 11.3. The predicted octanol–water partition coefficient (Wildman–Crippen LogP) is 1.28. The van der Waals surface area contributed by atoms with Gasteiger partial charge in [0, 0.05) is 26.2 Å². The van der Waals surface area contributed by atoms with Crippen LogP contribution in [0.3, 0.4) is 0 Å². The maximum Gasteiger partial charge on any atom is 0.407 e. The summed E-state index contributed by atoms with van der Waals surface area (Å²) < 4.78 is 10.2. The standard InChI is InChI=1S/C16H27N5O3/c1-16(2,3)24-15(22)19-10-9-18-14(17-4)20-11-12-7-6-8-13(21-12)23-5/h6-8H,9-11H2,1-5H3,(H,19,22)(H2,17,18,20). The number of rotatable bonds is 6. The van der Waals surface area contributed by atoms with Crippen molar-refractivity contribution in [2.75, 3.05) is 27.2 Å². The molecule has 8 heteroatoms. The number of ether oxygens (including phenoxy) is 2. The molecule has 0 bridgehead atoms. The maximum absolute atomic E-state index is 11.5. The third-order valence-electron chi connectivity index (χ3n) is 2.74. The summed E-state index contributed by atoms with van der Waals surface area (Å²) in [5.74, 6) is 1.18. The van der Waals surface area contributed by atoms with E-state index in [2.05, 4.69) is 25.9 Å². The average molecular weight is 337 g/mol. The van der Waals surface area contributed by atoms with Gasteiger partial charge in [0.15, 0.2) is 5.96 Å². The van der Waals surface area contributed by atoms with Crippen LogP contribution in [0.25, 0.3) is 0 Å². The smallest absolute Gasteiger partial charge is 0.407 e. The molecule has 1 aromatic heterocycles. The van der Waals surface area contributed by atoms with E-state index in [1.54, 1.807) is 20.2 Å². The Bertz CT molecular complexity index is 555. The zero-order valence-corrected chi connectivity index (χ0v) is 15.0. The highest BCUT2D eigenvalue weighted by atomic mass is 16.6. The molecule has 0 fully saturated rings. The van der Waals surface area contributed by atoms with Crippen molar-refractivity contribution < 1.29 is 14.3 Å². The Morgan fingerprint density at radius 1 is 1.21 bits per heavy atom. The quantitative estimate of drug-likeness (QED) is 0.411. The first-order valence-electron chi connectivity index (χ1n) is 7.75. The minimum atomic E-state index is -0.501. The van der Waals surface area contributed by atoms with E-state index in [9.17, 15) is 4.79 Å². The van der Waals surface area contributed by atoms with Gasteiger partial charge in [-0.15, -0.1) is 0 Å². The third-order valence-corrected chi connectivity index (χ3v) is 2.74. The number of guanidine groups is 1. The van der Waals surface area contributed by atoms with Crippen LogP contribution in [0, 0.1) is 0 Å². The molecule has 1 rings (SSSR count). The van der Waals surface area contributed by atoms with Gasteiger partial charge in [0.05, 0.1) is 19.3 Å². The van der Waals surface area contributed by atoms with Crippen LogP contribution in [0.15, 0.2) is 23.2 Å². The van der Waals surface area contributed by atoms with Crippen molar-refractivity contribution in [1.82, 2.24) is 20.9 Å². The normalized spacial score (nSPS) is 11.6. The zero-order chi connectivity index (χ0) is 18.0. The topological polar surface area (TPSA) is 96.9 Å². The van der Waals surface area contributed by atoms with Crippen LogP contribution < -0.4 is 20.7 Å². The molecule has 1 aromatic rings. The van der Waals surface area contributed by atoms with Gasteiger partial charge in [-0.25, -0.2) is 9.78 Å². The first kappa shape index (κ1) is 19.5. The molecule has 0 saturated heterocycles. The molecule has 0 saturated carbocycles. The van der Waals surface area contributed by atoms with E-state index in [1.165, 1.54) is 0 Å². The van der Waals surface area contributed by atoms with E-state index in [1.807, 2.05) is 32.9 Å². The molecule has 0 aliphatic carbocycles. The molecule has 0 spiro atoms. The fourth-order valence-electron chi connectivity index (χ4n) is 1.72. The van der Waals surface area contributed by atoms with Gasteiger partial charge in [-0.2, -0.15) is 0 Å². The minimum absolute atomic E-state index is 0.424. The highest BCUT2D eigenvalue weighted by Crippen LogP contribution is 2.06. The highest BCUT2D eigenvalue weighted by Gasteiger charge is 2.15. The number of carbonyl (C=O) groups excluding carboxylic acids is 1. The van der Waals surface area contributed by atoms with Gasteiger partial charge in [-0.05, 0) is 26.8 Å². The van der Waals surface area contributed by atoms with Crippen molar-refractivity contribution in [3.63, 3.8) is 0 Å². The van der Waals surface area contributed by atoms with Crippen LogP contribution in [-0.2, 0) is 11.3 Å². The van der Waals surface area contributed by atoms with Crippen molar-refractivity contribution in [3.8, 4) is 5.88 Å². The summed E-state index contributed by atoms with van der Waals surface area (Å²) in [7, 11) is 3.26. The summed E-state index contributed by atoms with van der Waals surface area (Å²) in [6, 6.07) is 5.57. The molecule has 0 radical (unpaired) electrons. The van der Waals surface area contributed by atoms with Crippen molar-refractivity contribution in [1.29, 1.82) is 0 Å². The Kier molecular flexibility index (Phi) is 7.81. The maximum atomic E-state index is 11.5. The number of alkyl carbamates (subject to hydrolysis) is 1. The summed E-state index contributed by atoms with van der Waals surface area (Å²) in [4.78, 5) is 19.9. The fraction of sp³-hybridized carbons (Fsp3) is 0.562. The number of aliphatic imine (C=N–C) groups is 1. The number of nitrogens with zero attached hydrogens (tertiary/aromatic N) is 2. The summed E-state index contributed by atoms with van der Waals surface area (Å²) in [5, 5.41) is 8.91. The van der Waals surface area contributed by atoms with Crippen LogP contribution in [0.5, 0.6) is 5.88 Å². The Morgan fingerprint density at radius 2 is 1.92 bits per heavy atom. The Balaban J connectivity index is 2.29. The number of nitrogens with one attached hydrogen (secondary N) is 3. The Labute approximate surface area is 143 Å². The molecule has 0 aromatic carbocycles. The Morgan fingerprint density at radius 3 is 2.54 bits per heavy atom. The van der Waals surface area contributed by atoms with Crippen LogP contribution in [0.2, 0.25) is 0 Å². The SMILES string of the molecule is CN=C(NCCNC(=O)OC(C)(C)C)NCc1cccc(OC)n1. The van der Waals surface area contributed by atoms with Crippen LogP contribution in [-0.4, -0.2) is 49.9 Å². The molecular weight excluding hydrogens is 310 g/mol. The lowest BCUT2D eigenvalue weighted by atomic mass is 10.2. The number of amides is 1. The number of hydrogen-bond acceptors (Lipinski definition) is 5. The summed E-state index contributed by atoms with van der Waals surface area (Å²) in [6.07, 6.45) is -0.437. The van der Waals surface area contributed by atoms with Crippen LogP contribution in [0.4, 0.5) is 4.79 Å². The van der Waals surface area contributed by atoms with E-state index in [0.717, 1.165) is 5.69 Å². The van der Waals surface area contributed by atoms with Crippen LogP contribution in [0.1, 0.15) is 26.5 Å². The van der Waals surface area contributed by atoms with E-state index < -0.39 is 11.7 Å². The van der Waals surface area contributed by atoms with Gasteiger partial charge in [-0.1, -0.05) is 6.07 Å². The van der Waals surface area contributed by atoms with Crippen LogP contribution >= 0.6 is 0 Å². The molecule has 1 amide bonds. The molecular formula is C16H27N5O3. The third kappa shape index (κ3) is 8.21. The minimum Gasteiger partial charge on any atom is -0.481 e. The molecule has 8 nitrogen and oxygen atoms in total. The van der Waals surface area contributed by atoms with Gasteiger partial charge >= 0.3 is 6.09 Å². The van der Waals surface area contributed by atoms with Crippen molar-refractivity contribution in [3.05, 3.63) is 23.9 Å². The number of hydrogen-bond donors (Lipinski definition) is 3. The monoisotopic (exact) mass is 337 g/mol. The van der Waals surface area contributed by atoms with E-state index in [-0.39, 0.29) is 0 Å². The van der Waals surface area contributed by atoms with E-state index in [4.69, 9.17) is 9.47 Å². The van der Waals surface area contributed by atoms with Gasteiger partial charge < -0.3 is 25.4 Å². The molecule has 24 heavy (non-hydrogen) atoms. The average Bonchev–Trinajstić information content (AvgIpc) is 2.52. The molecule has 0 aliphatic rings. The molecule has 0 unspecified atom stereocenters. The van der Waals surface area contributed by atoms with Crippen molar-refractivity contribution in [2.24, 2.45) is 4.99 Å². The number of carbonyl (C=O) groups is 1. The second-order valence-corrected chi connectivity index (χ2v) is 5.95. The van der Waals surface area contributed by atoms with Gasteiger partial charge in [0.1, 0.15) is 5.60 Å². The second-order valence-electron chi connectivity index (χ2n) is 5.95. The summed E-state index contributed by atoms with van der Waals surface area (Å²) in [6.45, 7) is 6.92. The summed E-state index contributed by atoms with van der Waals surface area (Å²) >= 11 is 0. The zero-order valence-electron chi connectivity index (χ0n) is 15.0. The molecule has 1 heterocycles. The lowest BCUT2D eigenvalue weighted by molar-refractivity contribution is 0.0529. The lowest BCUT2D eigenvalue weighted by Crippen LogP contribution is -2.42.